The second-order valence-corrected chi connectivity index (χ2v) is 25.9. The molecule has 282 valence electrons. The molecule has 0 amide bonds. The lowest BCUT2D eigenvalue weighted by atomic mass is 10.1. The molecular formula is C28H48F6N2O6P2S4. The second kappa shape index (κ2) is 17.1. The normalized spacial score (nSPS) is 22.6. The first-order valence-electron chi connectivity index (χ1n) is 14.6. The minimum atomic E-state index is -6.09. The first-order chi connectivity index (χ1) is 21.2. The van der Waals surface area contributed by atoms with Crippen LogP contribution in [0.4, 0.5) is 26.3 Å². The van der Waals surface area contributed by atoms with Gasteiger partial charge in [0.25, 0.3) is 0 Å². The van der Waals surface area contributed by atoms with Gasteiger partial charge in [0.15, 0.2) is 30.9 Å². The largest absolute Gasteiger partial charge is 0.741 e. The van der Waals surface area contributed by atoms with E-state index >= 15 is 0 Å². The third-order valence-electron chi connectivity index (χ3n) is 7.42. The number of alkyl halides is 6. The van der Waals surface area contributed by atoms with Crippen molar-refractivity contribution in [3.63, 3.8) is 0 Å². The Bertz CT molecular complexity index is 1380. The highest BCUT2D eigenvalue weighted by molar-refractivity contribution is 8.65. The van der Waals surface area contributed by atoms with E-state index in [1.165, 1.54) is 22.3 Å². The fraction of sp³-hybridized carbons (Fsp3) is 0.714. The Morgan fingerprint density at radius 3 is 0.896 bits per heavy atom. The molecule has 2 atom stereocenters. The van der Waals surface area contributed by atoms with E-state index in [9.17, 15) is 26.3 Å². The van der Waals surface area contributed by atoms with E-state index in [-0.39, 0.29) is 0 Å². The minimum absolute atomic E-state index is 0.505. The third kappa shape index (κ3) is 10.5. The van der Waals surface area contributed by atoms with E-state index in [1.807, 2.05) is 0 Å². The SMILES string of the molecule is CS[P+]1(N(C(C)C)C(C)C)C=C(C)C(C)=C1C1=C(C)C(C)=C[P+]1(SC)N(C(C)C)C(C)C.O=S(=O)([O-])C(F)(F)F.O=S(=O)([O-])C(F)(F)F. The lowest BCUT2D eigenvalue weighted by Crippen LogP contribution is -2.37. The van der Waals surface area contributed by atoms with E-state index in [4.69, 9.17) is 25.9 Å². The summed E-state index contributed by atoms with van der Waals surface area (Å²) in [5.74, 6) is 5.36. The Morgan fingerprint density at radius 2 is 0.771 bits per heavy atom. The minimum Gasteiger partial charge on any atom is -0.741 e. The van der Waals surface area contributed by atoms with Gasteiger partial charge in [-0.15, -0.1) is 0 Å². The van der Waals surface area contributed by atoms with Gasteiger partial charge >= 0.3 is 11.0 Å². The van der Waals surface area contributed by atoms with Crippen LogP contribution in [0.2, 0.25) is 0 Å². The monoisotopic (exact) mass is 812 g/mol. The Hall–Kier alpha value is -0.160. The smallest absolute Gasteiger partial charge is 0.485 e. The molecule has 0 aromatic heterocycles. The number of hydrogen-bond donors (Lipinski definition) is 0. The number of allylic oxidation sites excluding steroid dienone is 6. The van der Waals surface area contributed by atoms with Gasteiger partial charge < -0.3 is 9.11 Å². The van der Waals surface area contributed by atoms with E-state index in [0.29, 0.717) is 24.2 Å². The van der Waals surface area contributed by atoms with Crippen LogP contribution in [0.25, 0.3) is 0 Å². The molecule has 2 aliphatic rings. The third-order valence-corrected chi connectivity index (χ3v) is 23.1. The summed E-state index contributed by atoms with van der Waals surface area (Å²) in [4.78, 5) is 0. The molecule has 0 N–H and O–H groups in total. The zero-order valence-electron chi connectivity index (χ0n) is 29.6. The number of nitrogens with zero attached hydrogens (tertiary/aromatic N) is 2. The molecule has 0 fully saturated rings. The van der Waals surface area contributed by atoms with Crippen molar-refractivity contribution in [3.8, 4) is 0 Å². The van der Waals surface area contributed by atoms with Gasteiger partial charge in [0, 0.05) is 70.6 Å². The number of rotatable bonds is 9. The molecule has 2 unspecified atom stereocenters. The predicted octanol–water partition coefficient (Wildman–Crippen LogP) is 10.1. The van der Waals surface area contributed by atoms with Crippen molar-refractivity contribution in [1.82, 2.24) is 9.34 Å². The number of hydrogen-bond acceptors (Lipinski definition) is 10. The standard InChI is InChI=1S/C26H48N2P2S2.2CHF3O3S/c1-17(2)27(18(3)4)29(31-13)15-21(9)23(11)25(29)26-24(12)22(10)16-30(26,32-14)28(19(5)6)20(7)8;2*2-1(3,4)8(5,6)7/h15-20H,1-14H3;2*(H,5,6,7)/q+2;;/p-2. The van der Waals surface area contributed by atoms with E-state index in [1.54, 1.807) is 10.6 Å². The summed E-state index contributed by atoms with van der Waals surface area (Å²) in [5.41, 5.74) is -5.26. The molecule has 2 heterocycles. The highest BCUT2D eigenvalue weighted by Gasteiger charge is 2.65. The molecule has 0 saturated carbocycles. The summed E-state index contributed by atoms with van der Waals surface area (Å²) >= 11 is 4.25. The first kappa shape index (κ1) is 47.8. The van der Waals surface area contributed by atoms with Crippen LogP contribution in [0.15, 0.2) is 44.6 Å². The van der Waals surface area contributed by atoms with E-state index in [0.717, 1.165) is 0 Å². The maximum atomic E-state index is 10.7. The Labute approximate surface area is 292 Å². The topological polar surface area (TPSA) is 121 Å². The van der Waals surface area contributed by atoms with Crippen molar-refractivity contribution in [2.24, 2.45) is 0 Å². The lowest BCUT2D eigenvalue weighted by Gasteiger charge is -2.41. The fourth-order valence-electron chi connectivity index (χ4n) is 5.77. The quantitative estimate of drug-likeness (QED) is 0.0963. The molecule has 2 aliphatic heterocycles. The summed E-state index contributed by atoms with van der Waals surface area (Å²) < 4.78 is 124. The van der Waals surface area contributed by atoms with Crippen molar-refractivity contribution in [2.75, 3.05) is 12.5 Å². The van der Waals surface area contributed by atoms with Gasteiger partial charge in [-0.05, 0) is 94.2 Å². The Kier molecular flexibility index (Phi) is 17.1. The van der Waals surface area contributed by atoms with Gasteiger partial charge in [0.1, 0.15) is 0 Å². The molecular weight excluding hydrogens is 765 g/mol. The van der Waals surface area contributed by atoms with Crippen LogP contribution in [0, 0.1) is 0 Å². The van der Waals surface area contributed by atoms with Crippen LogP contribution in [0.3, 0.4) is 0 Å². The molecule has 0 radical (unpaired) electrons. The van der Waals surface area contributed by atoms with Crippen LogP contribution >= 0.6 is 36.0 Å². The van der Waals surface area contributed by atoms with Crippen LogP contribution < -0.4 is 0 Å². The van der Waals surface area contributed by atoms with E-state index in [2.05, 4.69) is 139 Å². The molecule has 0 aliphatic carbocycles. The van der Waals surface area contributed by atoms with Gasteiger partial charge in [-0.2, -0.15) is 35.7 Å². The van der Waals surface area contributed by atoms with Gasteiger partial charge in [-0.3, -0.25) is 0 Å². The Morgan fingerprint density at radius 1 is 0.583 bits per heavy atom. The molecule has 20 heteroatoms. The fourth-order valence-corrected chi connectivity index (χ4v) is 22.9. The molecule has 2 rings (SSSR count). The number of halogens is 6. The van der Waals surface area contributed by atoms with Crippen molar-refractivity contribution in [3.05, 3.63) is 44.6 Å². The maximum Gasteiger partial charge on any atom is 0.485 e. The van der Waals surface area contributed by atoms with Crippen molar-refractivity contribution in [2.45, 2.75) is 118 Å². The van der Waals surface area contributed by atoms with Gasteiger partial charge in [-0.25, -0.2) is 16.8 Å². The molecule has 8 nitrogen and oxygen atoms in total. The van der Waals surface area contributed by atoms with Crippen LogP contribution in [-0.2, 0) is 20.2 Å². The first-order valence-corrected chi connectivity index (χ1v) is 24.7. The van der Waals surface area contributed by atoms with Crippen molar-refractivity contribution >= 4 is 56.2 Å². The second-order valence-electron chi connectivity index (χ2n) is 12.1. The molecule has 0 spiro atoms. The van der Waals surface area contributed by atoms with Gasteiger partial charge in [-0.1, -0.05) is 0 Å². The highest BCUT2D eigenvalue weighted by atomic mass is 32.7. The molecule has 0 bridgehead atoms. The lowest BCUT2D eigenvalue weighted by molar-refractivity contribution is -0.0522. The molecule has 48 heavy (non-hydrogen) atoms. The predicted molar refractivity (Wildman–Crippen MR) is 190 cm³/mol. The highest BCUT2D eigenvalue weighted by Crippen LogP contribution is 2.93. The molecule has 0 aromatic rings. The zero-order valence-corrected chi connectivity index (χ0v) is 34.7. The molecule has 0 saturated heterocycles. The maximum absolute atomic E-state index is 10.7. The van der Waals surface area contributed by atoms with Crippen LogP contribution in [0.1, 0.15) is 83.1 Å². The average molecular weight is 813 g/mol. The summed E-state index contributed by atoms with van der Waals surface area (Å²) in [6.45, 7) is 25.2. The summed E-state index contributed by atoms with van der Waals surface area (Å²) in [6, 6.07) is 2.02. The Balaban J connectivity index is 0.00000113. The summed E-state index contributed by atoms with van der Waals surface area (Å²) in [5, 5.41) is 3.37. The summed E-state index contributed by atoms with van der Waals surface area (Å²) in [6.07, 6.45) is 4.72. The van der Waals surface area contributed by atoms with Gasteiger partial charge in [0.05, 0.1) is 11.6 Å². The summed E-state index contributed by atoms with van der Waals surface area (Å²) in [7, 11) is -12.2. The average Bonchev–Trinajstić information content (AvgIpc) is 3.25. The van der Waals surface area contributed by atoms with Crippen LogP contribution in [-0.4, -0.2) is 83.0 Å². The molecule has 0 aromatic carbocycles. The van der Waals surface area contributed by atoms with E-state index < -0.39 is 44.5 Å². The van der Waals surface area contributed by atoms with Crippen molar-refractivity contribution < 1.29 is 52.3 Å². The zero-order chi connectivity index (χ0) is 38.8. The van der Waals surface area contributed by atoms with Gasteiger partial charge in [0.2, 0.25) is 13.2 Å². The van der Waals surface area contributed by atoms with Crippen molar-refractivity contribution in [1.29, 1.82) is 0 Å². The van der Waals surface area contributed by atoms with Crippen LogP contribution in [0.5, 0.6) is 0 Å².